The zero-order valence-corrected chi connectivity index (χ0v) is 10.8. The Hall–Kier alpha value is -1.31. The average Bonchev–Trinajstić information content (AvgIpc) is 2.29. The molecular weight excluding hydrogens is 210 g/mol. The molecule has 1 aromatic carbocycles. The topological polar surface area (TPSA) is 29.1 Å². The molecule has 0 radical (unpaired) electrons. The van der Waals surface area contributed by atoms with Crippen molar-refractivity contribution in [1.82, 2.24) is 0 Å². The van der Waals surface area contributed by atoms with E-state index in [1.54, 1.807) is 6.92 Å². The molecule has 2 heteroatoms. The van der Waals surface area contributed by atoms with Gasteiger partial charge in [0.1, 0.15) is 0 Å². The van der Waals surface area contributed by atoms with Crippen LogP contribution in [0.3, 0.4) is 0 Å². The SMILES string of the molecule is CCC1(CNc2ccc(C(C)=O)cc2)CCC1. The van der Waals surface area contributed by atoms with Crippen molar-refractivity contribution in [2.24, 2.45) is 5.41 Å². The van der Waals surface area contributed by atoms with Crippen LogP contribution in [0.15, 0.2) is 24.3 Å². The first-order valence-corrected chi connectivity index (χ1v) is 6.50. The number of carbonyl (C=O) groups is 1. The number of Topliss-reactive ketones (excluding diaryl/α,β-unsaturated/α-hetero) is 1. The minimum Gasteiger partial charge on any atom is -0.384 e. The first-order chi connectivity index (χ1) is 8.15. The van der Waals surface area contributed by atoms with Crippen molar-refractivity contribution in [2.75, 3.05) is 11.9 Å². The summed E-state index contributed by atoms with van der Waals surface area (Å²) in [6, 6.07) is 7.78. The molecule has 1 N–H and O–H groups in total. The number of anilines is 1. The molecule has 0 spiro atoms. The van der Waals surface area contributed by atoms with E-state index in [0.29, 0.717) is 5.41 Å². The van der Waals surface area contributed by atoms with Gasteiger partial charge in [0.05, 0.1) is 0 Å². The molecule has 1 fully saturated rings. The fraction of sp³-hybridized carbons (Fsp3) is 0.533. The van der Waals surface area contributed by atoms with Crippen LogP contribution in [-0.4, -0.2) is 12.3 Å². The number of hydrogen-bond acceptors (Lipinski definition) is 2. The largest absolute Gasteiger partial charge is 0.384 e. The van der Waals surface area contributed by atoms with Gasteiger partial charge in [-0.3, -0.25) is 4.79 Å². The normalized spacial score (nSPS) is 17.3. The molecule has 0 heterocycles. The fourth-order valence-electron chi connectivity index (χ4n) is 2.44. The maximum atomic E-state index is 11.2. The van der Waals surface area contributed by atoms with Crippen molar-refractivity contribution < 1.29 is 4.79 Å². The third kappa shape index (κ3) is 2.68. The van der Waals surface area contributed by atoms with Gasteiger partial charge in [-0.05, 0) is 55.9 Å². The molecule has 0 atom stereocenters. The lowest BCUT2D eigenvalue weighted by Crippen LogP contribution is -2.35. The molecule has 0 unspecified atom stereocenters. The van der Waals surface area contributed by atoms with Crippen molar-refractivity contribution in [3.63, 3.8) is 0 Å². The summed E-state index contributed by atoms with van der Waals surface area (Å²) in [7, 11) is 0. The average molecular weight is 231 g/mol. The molecule has 1 aromatic rings. The van der Waals surface area contributed by atoms with Gasteiger partial charge >= 0.3 is 0 Å². The third-order valence-corrected chi connectivity index (χ3v) is 4.12. The van der Waals surface area contributed by atoms with Crippen LogP contribution in [0.5, 0.6) is 0 Å². The van der Waals surface area contributed by atoms with Gasteiger partial charge in [-0.2, -0.15) is 0 Å². The summed E-state index contributed by atoms with van der Waals surface area (Å²) in [6.07, 6.45) is 5.33. The molecule has 2 rings (SSSR count). The number of ketones is 1. The number of rotatable bonds is 5. The lowest BCUT2D eigenvalue weighted by atomic mass is 9.67. The van der Waals surface area contributed by atoms with Crippen LogP contribution in [0.25, 0.3) is 0 Å². The Morgan fingerprint density at radius 1 is 1.29 bits per heavy atom. The van der Waals surface area contributed by atoms with Crippen molar-refractivity contribution in [2.45, 2.75) is 39.5 Å². The highest BCUT2D eigenvalue weighted by atomic mass is 16.1. The predicted octanol–water partition coefficient (Wildman–Crippen LogP) is 3.88. The molecule has 0 aliphatic heterocycles. The van der Waals surface area contributed by atoms with E-state index in [-0.39, 0.29) is 5.78 Å². The standard InChI is InChI=1S/C15H21NO/c1-3-15(9-4-10-15)11-16-14-7-5-13(6-8-14)12(2)17/h5-8,16H,3-4,9-11H2,1-2H3. The first kappa shape index (κ1) is 12.2. The molecule has 17 heavy (non-hydrogen) atoms. The third-order valence-electron chi connectivity index (χ3n) is 4.12. The van der Waals surface area contributed by atoms with E-state index < -0.39 is 0 Å². The second-order valence-corrected chi connectivity index (χ2v) is 5.19. The molecule has 92 valence electrons. The van der Waals surface area contributed by atoms with E-state index in [9.17, 15) is 4.79 Å². The number of carbonyl (C=O) groups excluding carboxylic acids is 1. The van der Waals surface area contributed by atoms with Crippen LogP contribution >= 0.6 is 0 Å². The summed E-state index contributed by atoms with van der Waals surface area (Å²) in [5.41, 5.74) is 2.43. The Morgan fingerprint density at radius 3 is 2.35 bits per heavy atom. The molecule has 2 nitrogen and oxygen atoms in total. The summed E-state index contributed by atoms with van der Waals surface area (Å²) in [5, 5.41) is 3.49. The summed E-state index contributed by atoms with van der Waals surface area (Å²) >= 11 is 0. The molecule has 1 aliphatic rings. The maximum Gasteiger partial charge on any atom is 0.159 e. The van der Waals surface area contributed by atoms with Gasteiger partial charge in [0, 0.05) is 17.8 Å². The van der Waals surface area contributed by atoms with Crippen LogP contribution in [-0.2, 0) is 0 Å². The first-order valence-electron chi connectivity index (χ1n) is 6.50. The summed E-state index contributed by atoms with van der Waals surface area (Å²) in [6.45, 7) is 4.94. The number of nitrogens with one attached hydrogen (secondary N) is 1. The Balaban J connectivity index is 1.93. The van der Waals surface area contributed by atoms with Crippen LogP contribution in [0, 0.1) is 5.41 Å². The van der Waals surface area contributed by atoms with Gasteiger partial charge in [-0.1, -0.05) is 13.3 Å². The Labute approximate surface area is 103 Å². The highest BCUT2D eigenvalue weighted by Crippen LogP contribution is 2.43. The molecule has 0 bridgehead atoms. The predicted molar refractivity (Wildman–Crippen MR) is 71.5 cm³/mol. The highest BCUT2D eigenvalue weighted by molar-refractivity contribution is 5.94. The van der Waals surface area contributed by atoms with Crippen molar-refractivity contribution >= 4 is 11.5 Å². The summed E-state index contributed by atoms with van der Waals surface area (Å²) in [5.74, 6) is 0.126. The lowest BCUT2D eigenvalue weighted by molar-refractivity contribution is 0.101. The van der Waals surface area contributed by atoms with Crippen molar-refractivity contribution in [1.29, 1.82) is 0 Å². The molecule has 1 aliphatic carbocycles. The number of hydrogen-bond donors (Lipinski definition) is 1. The van der Waals surface area contributed by atoms with E-state index in [0.717, 1.165) is 17.8 Å². The highest BCUT2D eigenvalue weighted by Gasteiger charge is 2.34. The van der Waals surface area contributed by atoms with Gasteiger partial charge in [-0.25, -0.2) is 0 Å². The van der Waals surface area contributed by atoms with E-state index in [2.05, 4.69) is 12.2 Å². The zero-order chi connectivity index (χ0) is 12.3. The molecule has 0 aromatic heterocycles. The van der Waals surface area contributed by atoms with Gasteiger partial charge in [0.25, 0.3) is 0 Å². The van der Waals surface area contributed by atoms with Crippen LogP contribution in [0.4, 0.5) is 5.69 Å². The van der Waals surface area contributed by atoms with Gasteiger partial charge < -0.3 is 5.32 Å². The smallest absolute Gasteiger partial charge is 0.159 e. The second-order valence-electron chi connectivity index (χ2n) is 5.19. The van der Waals surface area contributed by atoms with Crippen molar-refractivity contribution in [3.05, 3.63) is 29.8 Å². The van der Waals surface area contributed by atoms with Crippen LogP contribution in [0.1, 0.15) is 49.9 Å². The van der Waals surface area contributed by atoms with Crippen LogP contribution in [0.2, 0.25) is 0 Å². The van der Waals surface area contributed by atoms with E-state index >= 15 is 0 Å². The number of benzene rings is 1. The van der Waals surface area contributed by atoms with Crippen molar-refractivity contribution in [3.8, 4) is 0 Å². The Bertz CT molecular complexity index is 384. The second kappa shape index (κ2) is 4.91. The summed E-state index contributed by atoms with van der Waals surface area (Å²) < 4.78 is 0. The summed E-state index contributed by atoms with van der Waals surface area (Å²) in [4.78, 5) is 11.2. The molecule has 0 amide bonds. The maximum absolute atomic E-state index is 11.2. The van der Waals surface area contributed by atoms with Gasteiger partial charge in [0.2, 0.25) is 0 Å². The van der Waals surface area contributed by atoms with Crippen LogP contribution < -0.4 is 5.32 Å². The van der Waals surface area contributed by atoms with Gasteiger partial charge in [-0.15, -0.1) is 0 Å². The molecule has 0 saturated heterocycles. The molecular formula is C15H21NO. The fourth-order valence-corrected chi connectivity index (χ4v) is 2.44. The van der Waals surface area contributed by atoms with E-state index in [4.69, 9.17) is 0 Å². The zero-order valence-electron chi connectivity index (χ0n) is 10.8. The molecule has 1 saturated carbocycles. The monoisotopic (exact) mass is 231 g/mol. The van der Waals surface area contributed by atoms with E-state index in [1.807, 2.05) is 24.3 Å². The Morgan fingerprint density at radius 2 is 1.94 bits per heavy atom. The Kier molecular flexibility index (Phi) is 3.51. The lowest BCUT2D eigenvalue weighted by Gasteiger charge is -2.41. The van der Waals surface area contributed by atoms with Gasteiger partial charge in [0.15, 0.2) is 5.78 Å². The minimum absolute atomic E-state index is 0.126. The minimum atomic E-state index is 0.126. The van der Waals surface area contributed by atoms with E-state index in [1.165, 1.54) is 25.7 Å². The quantitative estimate of drug-likeness (QED) is 0.779.